The lowest BCUT2D eigenvalue weighted by Crippen LogP contribution is -3.03. The van der Waals surface area contributed by atoms with Crippen LogP contribution < -0.4 is 15.1 Å². The number of rotatable bonds is 8. The highest BCUT2D eigenvalue weighted by Gasteiger charge is 2.30. The van der Waals surface area contributed by atoms with E-state index in [9.17, 15) is 14.8 Å². The van der Waals surface area contributed by atoms with Crippen LogP contribution in [-0.4, -0.2) is 54.8 Å². The van der Waals surface area contributed by atoms with Crippen molar-refractivity contribution < 1.29 is 24.1 Å². The van der Waals surface area contributed by atoms with Gasteiger partial charge in [-0.2, -0.15) is 0 Å². The number of hydroxylamine groups is 1. The zero-order valence-electron chi connectivity index (χ0n) is 22.0. The van der Waals surface area contributed by atoms with Gasteiger partial charge in [-0.25, -0.2) is 4.79 Å². The fourth-order valence-electron chi connectivity index (χ4n) is 4.11. The van der Waals surface area contributed by atoms with E-state index in [2.05, 4.69) is 17.4 Å². The average Bonchev–Trinajstić information content (AvgIpc) is 2.98. The molecule has 0 radical (unpaired) electrons. The van der Waals surface area contributed by atoms with E-state index >= 15 is 0 Å². The van der Waals surface area contributed by atoms with Crippen molar-refractivity contribution in [3.8, 4) is 5.75 Å². The molecule has 8 nitrogen and oxygen atoms in total. The molecule has 1 aliphatic heterocycles. The number of ether oxygens (including phenoxy) is 2. The van der Waals surface area contributed by atoms with Crippen LogP contribution in [0.1, 0.15) is 51.7 Å². The summed E-state index contributed by atoms with van der Waals surface area (Å²) >= 11 is 0. The van der Waals surface area contributed by atoms with Crippen molar-refractivity contribution in [3.05, 3.63) is 64.9 Å². The Morgan fingerprint density at radius 1 is 1.19 bits per heavy atom. The molecule has 3 rings (SSSR count). The smallest absolute Gasteiger partial charge is 0.410 e. The first-order valence-corrected chi connectivity index (χ1v) is 12.6. The molecule has 36 heavy (non-hydrogen) atoms. The van der Waals surface area contributed by atoms with E-state index < -0.39 is 17.7 Å². The third-order valence-corrected chi connectivity index (χ3v) is 6.29. The molecule has 196 valence electrons. The Labute approximate surface area is 214 Å². The number of hydrogen-bond acceptors (Lipinski definition) is 5. The first-order chi connectivity index (χ1) is 17.0. The maximum Gasteiger partial charge on any atom is 0.410 e. The summed E-state index contributed by atoms with van der Waals surface area (Å²) in [4.78, 5) is 26.4. The van der Waals surface area contributed by atoms with Gasteiger partial charge in [0.2, 0.25) is 5.91 Å². The molecule has 0 saturated carbocycles. The third-order valence-electron chi connectivity index (χ3n) is 6.29. The Morgan fingerprint density at radius 3 is 2.61 bits per heavy atom. The van der Waals surface area contributed by atoms with E-state index in [1.54, 1.807) is 27.7 Å². The molecule has 1 aliphatic rings. The maximum absolute atomic E-state index is 13.0. The second-order valence-corrected chi connectivity index (χ2v) is 10.4. The summed E-state index contributed by atoms with van der Waals surface area (Å²) in [5, 5.41) is 16.0. The van der Waals surface area contributed by atoms with Crippen molar-refractivity contribution in [2.24, 2.45) is 0 Å². The predicted octanol–water partition coefficient (Wildman–Crippen LogP) is 3.40. The lowest BCUT2D eigenvalue weighted by atomic mass is 10.1. The normalized spacial score (nSPS) is 18.4. The van der Waals surface area contributed by atoms with Gasteiger partial charge in [0.25, 0.3) is 0 Å². The number of carbonyl (C=O) groups is 2. The van der Waals surface area contributed by atoms with Crippen molar-refractivity contribution in [1.82, 2.24) is 10.2 Å². The number of hydrogen-bond donors (Lipinski definition) is 2. The minimum absolute atomic E-state index is 0.0179. The van der Waals surface area contributed by atoms with Gasteiger partial charge in [-0.3, -0.25) is 9.69 Å². The second-order valence-electron chi connectivity index (χ2n) is 10.4. The summed E-state index contributed by atoms with van der Waals surface area (Å²) in [6.45, 7) is 7.76. The molecule has 0 bridgehead atoms. The predicted molar refractivity (Wildman–Crippen MR) is 139 cm³/mol. The van der Waals surface area contributed by atoms with Crippen molar-refractivity contribution >= 4 is 17.7 Å². The second kappa shape index (κ2) is 12.2. The standard InChI is InChI=1S/C28H39N3O5/c1-20(30(5)27(33)36-28(2,3)4)26(32)29-23-15-13-22-14-16-24(18-25(22)31(34)19-23)35-17-9-12-21-10-7-6-8-11-21/h6-8,10-11,14,16,18,20,23,31H,9,12-13,15,17,19H2,1-5H3,(H,29,32)/t20-,23?/m0/s1. The molecule has 8 heteroatoms. The van der Waals surface area contributed by atoms with Crippen LogP contribution in [-0.2, 0) is 22.4 Å². The van der Waals surface area contributed by atoms with Gasteiger partial charge in [-0.1, -0.05) is 30.3 Å². The highest BCUT2D eigenvalue weighted by molar-refractivity contribution is 5.85. The van der Waals surface area contributed by atoms with E-state index in [-0.39, 0.29) is 23.6 Å². The third kappa shape index (κ3) is 7.96. The fourth-order valence-corrected chi connectivity index (χ4v) is 4.11. The highest BCUT2D eigenvalue weighted by Crippen LogP contribution is 2.23. The number of carbonyl (C=O) groups excluding carboxylic acids is 2. The van der Waals surface area contributed by atoms with E-state index in [1.165, 1.54) is 17.5 Å². The number of aryl methyl sites for hydroxylation is 2. The summed E-state index contributed by atoms with van der Waals surface area (Å²) in [5.74, 6) is 0.375. The maximum atomic E-state index is 13.0. The Morgan fingerprint density at radius 2 is 1.92 bits per heavy atom. The fraction of sp³-hybridized carbons (Fsp3) is 0.500. The molecular formula is C28H39N3O5. The number of nitrogens with one attached hydrogen (secondary N) is 2. The Hall–Kier alpha value is -3.10. The first-order valence-electron chi connectivity index (χ1n) is 12.6. The molecule has 0 fully saturated rings. The van der Waals surface area contributed by atoms with Crippen LogP contribution in [0, 0.1) is 5.21 Å². The van der Waals surface area contributed by atoms with Gasteiger partial charge in [0, 0.05) is 18.7 Å². The number of quaternary nitrogens is 1. The molecule has 0 aromatic heterocycles. The van der Waals surface area contributed by atoms with E-state index in [0.717, 1.165) is 18.4 Å². The summed E-state index contributed by atoms with van der Waals surface area (Å²) in [5.41, 5.74) is 2.25. The van der Waals surface area contributed by atoms with Crippen LogP contribution >= 0.6 is 0 Å². The van der Waals surface area contributed by atoms with E-state index in [4.69, 9.17) is 9.47 Å². The van der Waals surface area contributed by atoms with Crippen LogP contribution in [0.2, 0.25) is 0 Å². The molecule has 1 heterocycles. The molecule has 2 unspecified atom stereocenters. The zero-order valence-corrected chi connectivity index (χ0v) is 22.0. The zero-order chi connectivity index (χ0) is 26.3. The number of fused-ring (bicyclic) bond motifs is 1. The quantitative estimate of drug-likeness (QED) is 0.431. The van der Waals surface area contributed by atoms with E-state index in [0.29, 0.717) is 30.9 Å². The molecular weight excluding hydrogens is 458 g/mol. The number of likely N-dealkylation sites (N-methyl/N-ethyl adjacent to an activating group) is 1. The Bertz CT molecular complexity index is 1020. The molecule has 0 saturated heterocycles. The molecule has 0 aliphatic carbocycles. The van der Waals surface area contributed by atoms with Crippen LogP contribution in [0.5, 0.6) is 5.75 Å². The van der Waals surface area contributed by atoms with Crippen LogP contribution in [0.15, 0.2) is 48.5 Å². The number of nitrogens with zero attached hydrogens (tertiary/aromatic N) is 1. The summed E-state index contributed by atoms with van der Waals surface area (Å²) in [6.07, 6.45) is 2.58. The molecule has 2 amide bonds. The van der Waals surface area contributed by atoms with Gasteiger partial charge in [0.15, 0.2) is 0 Å². The van der Waals surface area contributed by atoms with Crippen molar-refractivity contribution in [2.45, 2.75) is 71.1 Å². The molecule has 0 spiro atoms. The van der Waals surface area contributed by atoms with Crippen LogP contribution in [0.3, 0.4) is 0 Å². The lowest BCUT2D eigenvalue weighted by Gasteiger charge is -2.30. The Kier molecular flexibility index (Phi) is 9.34. The minimum Gasteiger partial charge on any atom is -0.629 e. The average molecular weight is 498 g/mol. The summed E-state index contributed by atoms with van der Waals surface area (Å²) < 4.78 is 11.3. The lowest BCUT2D eigenvalue weighted by molar-refractivity contribution is -0.777. The SMILES string of the molecule is C[C@@H](C(=O)NC1CCc2ccc(OCCCc3ccccc3)cc2[NH+]([O-])C1)N(C)C(=O)OC(C)(C)C. The van der Waals surface area contributed by atoms with Gasteiger partial charge in [0.1, 0.15) is 29.6 Å². The van der Waals surface area contributed by atoms with Crippen molar-refractivity contribution in [1.29, 1.82) is 0 Å². The summed E-state index contributed by atoms with van der Waals surface area (Å²) in [7, 11) is 1.54. The van der Waals surface area contributed by atoms with Gasteiger partial charge >= 0.3 is 6.09 Å². The number of benzene rings is 2. The summed E-state index contributed by atoms with van der Waals surface area (Å²) in [6, 6.07) is 14.9. The molecule has 2 aromatic carbocycles. The van der Waals surface area contributed by atoms with Gasteiger partial charge in [0.05, 0.1) is 12.6 Å². The van der Waals surface area contributed by atoms with Gasteiger partial charge in [-0.15, -0.1) is 0 Å². The van der Waals surface area contributed by atoms with E-state index in [1.807, 2.05) is 36.4 Å². The highest BCUT2D eigenvalue weighted by atomic mass is 16.6. The topological polar surface area (TPSA) is 95.4 Å². The molecule has 3 atom stereocenters. The number of amides is 2. The van der Waals surface area contributed by atoms with Gasteiger partial charge < -0.3 is 25.1 Å². The Balaban J connectivity index is 1.52. The largest absolute Gasteiger partial charge is 0.629 e. The minimum atomic E-state index is -0.725. The molecule has 2 aromatic rings. The van der Waals surface area contributed by atoms with Gasteiger partial charge in [-0.05, 0) is 71.1 Å². The molecule has 2 N–H and O–H groups in total. The monoisotopic (exact) mass is 497 g/mol. The van der Waals surface area contributed by atoms with Crippen LogP contribution in [0.25, 0.3) is 0 Å². The first kappa shape index (κ1) is 27.5. The van der Waals surface area contributed by atoms with Crippen molar-refractivity contribution in [3.63, 3.8) is 0 Å². The van der Waals surface area contributed by atoms with Crippen LogP contribution in [0.4, 0.5) is 10.5 Å². The van der Waals surface area contributed by atoms with Crippen molar-refractivity contribution in [2.75, 3.05) is 20.2 Å².